The van der Waals surface area contributed by atoms with Crippen LogP contribution in [0.15, 0.2) is 109 Å². The fourth-order valence-corrected chi connectivity index (χ4v) is 5.29. The predicted molar refractivity (Wildman–Crippen MR) is 151 cm³/mol. The maximum absolute atomic E-state index is 13.2. The van der Waals surface area contributed by atoms with Crippen molar-refractivity contribution in [3.8, 4) is 5.75 Å². The molecule has 7 rings (SSSR count). The molecule has 0 saturated heterocycles. The van der Waals surface area contributed by atoms with Crippen LogP contribution in [-0.2, 0) is 19.4 Å². The summed E-state index contributed by atoms with van der Waals surface area (Å²) in [6.45, 7) is 0.435. The number of nitrogens with zero attached hydrogens (tertiary/aromatic N) is 1. The van der Waals surface area contributed by atoms with E-state index in [0.29, 0.717) is 6.61 Å². The minimum atomic E-state index is -0.221. The highest BCUT2D eigenvalue weighted by atomic mass is 19.1. The van der Waals surface area contributed by atoms with Gasteiger partial charge >= 0.3 is 0 Å². The first kappa shape index (κ1) is 23.2. The van der Waals surface area contributed by atoms with Gasteiger partial charge in [-0.2, -0.15) is 0 Å². The van der Waals surface area contributed by atoms with Crippen molar-refractivity contribution in [2.75, 3.05) is 0 Å². The molecule has 2 nitrogen and oxygen atoms in total. The van der Waals surface area contributed by atoms with Gasteiger partial charge in [0, 0.05) is 17.8 Å². The van der Waals surface area contributed by atoms with Gasteiger partial charge in [-0.1, -0.05) is 72.8 Å². The molecule has 3 heteroatoms. The van der Waals surface area contributed by atoms with E-state index in [-0.39, 0.29) is 5.82 Å². The molecular weight excluding hydrogens is 457 g/mol. The summed E-state index contributed by atoms with van der Waals surface area (Å²) in [4.78, 5) is 4.01. The molecule has 0 N–H and O–H groups in total. The van der Waals surface area contributed by atoms with Crippen LogP contribution in [0.4, 0.5) is 4.39 Å². The lowest BCUT2D eigenvalue weighted by atomic mass is 9.86. The third kappa shape index (κ3) is 4.90. The molecule has 1 aromatic heterocycles. The predicted octanol–water partition coefficient (Wildman–Crippen LogP) is 8.82. The molecule has 1 heterocycles. The Morgan fingerprint density at radius 2 is 1.41 bits per heavy atom. The number of halogens is 1. The average Bonchev–Trinajstić information content (AvgIpc) is 2.97. The van der Waals surface area contributed by atoms with Crippen LogP contribution in [0.2, 0.25) is 0 Å². The van der Waals surface area contributed by atoms with Crippen LogP contribution < -0.4 is 4.74 Å². The van der Waals surface area contributed by atoms with Gasteiger partial charge in [0.2, 0.25) is 0 Å². The lowest BCUT2D eigenvalue weighted by Gasteiger charge is -2.20. The van der Waals surface area contributed by atoms with Crippen molar-refractivity contribution in [2.24, 2.45) is 0 Å². The lowest BCUT2D eigenvalue weighted by molar-refractivity contribution is 0.310. The van der Waals surface area contributed by atoms with Gasteiger partial charge in [0.25, 0.3) is 0 Å². The van der Waals surface area contributed by atoms with Crippen molar-refractivity contribution in [1.82, 2.24) is 4.98 Å². The highest BCUT2D eigenvalue weighted by Gasteiger charge is 2.16. The summed E-state index contributed by atoms with van der Waals surface area (Å²) < 4.78 is 19.4. The first-order chi connectivity index (χ1) is 18.3. The molecule has 0 unspecified atom stereocenters. The summed E-state index contributed by atoms with van der Waals surface area (Å²) in [5.41, 5.74) is 3.93. The molecule has 1 aliphatic carbocycles. The van der Waals surface area contributed by atoms with Crippen molar-refractivity contribution in [2.45, 2.75) is 32.3 Å². The van der Waals surface area contributed by atoms with Crippen LogP contribution in [0.1, 0.15) is 29.5 Å². The molecule has 0 saturated carbocycles. The molecule has 37 heavy (non-hydrogen) atoms. The Balaban J connectivity index is 0.000000210. The molecule has 0 bridgehead atoms. The number of ether oxygens (including phenoxy) is 1. The second kappa shape index (κ2) is 10.4. The largest absolute Gasteiger partial charge is 0.488 e. The molecule has 5 aromatic carbocycles. The molecule has 0 fully saturated rings. The maximum atomic E-state index is 13.2. The number of benzene rings is 5. The standard InChI is InChI=1S/C25H21FO.C9H7N/c26-19-12-9-17(10-13-19)16-27-25-15-24-20-6-2-1-5-18(20)11-14-22(24)21-7-3-4-8-23(21)25;1-2-4-9-7-10-6-5-8(9)3-1/h3-4,7-15H,1-2,5-6,16H2;1-7H. The minimum Gasteiger partial charge on any atom is -0.488 e. The number of rotatable bonds is 3. The van der Waals surface area contributed by atoms with Gasteiger partial charge in [-0.15, -0.1) is 0 Å². The monoisotopic (exact) mass is 485 g/mol. The Labute approximate surface area is 216 Å². The minimum absolute atomic E-state index is 0.221. The molecule has 0 radical (unpaired) electrons. The second-order valence-electron chi connectivity index (χ2n) is 9.56. The van der Waals surface area contributed by atoms with Gasteiger partial charge in [0.05, 0.1) is 0 Å². The van der Waals surface area contributed by atoms with Crippen LogP contribution in [0.5, 0.6) is 5.75 Å². The zero-order valence-electron chi connectivity index (χ0n) is 20.7. The van der Waals surface area contributed by atoms with Gasteiger partial charge in [-0.3, -0.25) is 4.98 Å². The molecular formula is C34H28FNO. The van der Waals surface area contributed by atoms with Gasteiger partial charge < -0.3 is 4.74 Å². The highest BCUT2D eigenvalue weighted by Crippen LogP contribution is 2.38. The Morgan fingerprint density at radius 3 is 2.24 bits per heavy atom. The fourth-order valence-electron chi connectivity index (χ4n) is 5.29. The molecule has 0 amide bonds. The van der Waals surface area contributed by atoms with E-state index < -0.39 is 0 Å². The van der Waals surface area contributed by atoms with Crippen molar-refractivity contribution in [3.05, 3.63) is 132 Å². The summed E-state index contributed by atoms with van der Waals surface area (Å²) in [6.07, 6.45) is 8.52. The van der Waals surface area contributed by atoms with Crippen molar-refractivity contribution < 1.29 is 9.13 Å². The smallest absolute Gasteiger partial charge is 0.128 e. The van der Waals surface area contributed by atoms with E-state index in [9.17, 15) is 4.39 Å². The van der Waals surface area contributed by atoms with Crippen molar-refractivity contribution >= 4 is 32.3 Å². The average molecular weight is 486 g/mol. The van der Waals surface area contributed by atoms with Crippen molar-refractivity contribution in [3.63, 3.8) is 0 Å². The van der Waals surface area contributed by atoms with Gasteiger partial charge in [0.15, 0.2) is 0 Å². The van der Waals surface area contributed by atoms with Crippen LogP contribution in [-0.4, -0.2) is 4.98 Å². The number of aromatic nitrogens is 1. The van der Waals surface area contributed by atoms with E-state index in [1.165, 1.54) is 69.5 Å². The normalized spacial score (nSPS) is 12.7. The number of hydrogen-bond donors (Lipinski definition) is 0. The van der Waals surface area contributed by atoms with Crippen LogP contribution in [0.3, 0.4) is 0 Å². The zero-order valence-corrected chi connectivity index (χ0v) is 20.7. The summed E-state index contributed by atoms with van der Waals surface area (Å²) in [7, 11) is 0. The number of hydrogen-bond acceptors (Lipinski definition) is 2. The van der Waals surface area contributed by atoms with E-state index in [4.69, 9.17) is 4.74 Å². The maximum Gasteiger partial charge on any atom is 0.128 e. The van der Waals surface area contributed by atoms with Crippen LogP contribution in [0, 0.1) is 5.82 Å². The molecule has 0 spiro atoms. The molecule has 6 aromatic rings. The summed E-state index contributed by atoms with van der Waals surface area (Å²) >= 11 is 0. The van der Waals surface area contributed by atoms with Crippen LogP contribution in [0.25, 0.3) is 32.3 Å². The third-order valence-electron chi connectivity index (χ3n) is 7.19. The number of pyridine rings is 1. The lowest BCUT2D eigenvalue weighted by Crippen LogP contribution is -2.04. The number of aryl methyl sites for hydroxylation is 2. The Morgan fingerprint density at radius 1 is 0.676 bits per heavy atom. The first-order valence-electron chi connectivity index (χ1n) is 12.9. The topological polar surface area (TPSA) is 22.1 Å². The Hall–Kier alpha value is -4.24. The molecule has 182 valence electrons. The zero-order chi connectivity index (χ0) is 25.0. The van der Waals surface area contributed by atoms with Crippen molar-refractivity contribution in [1.29, 1.82) is 0 Å². The Bertz CT molecular complexity index is 1630. The quantitative estimate of drug-likeness (QED) is 0.234. The summed E-state index contributed by atoms with van der Waals surface area (Å²) in [5.74, 6) is 0.683. The van der Waals surface area contributed by atoms with Gasteiger partial charge in [-0.05, 0) is 93.6 Å². The first-order valence-corrected chi connectivity index (χ1v) is 12.9. The number of fused-ring (bicyclic) bond motifs is 6. The Kier molecular flexibility index (Phi) is 6.51. The van der Waals surface area contributed by atoms with Gasteiger partial charge in [0.1, 0.15) is 18.2 Å². The molecule has 0 aliphatic heterocycles. The SMILES string of the molecule is Fc1ccc(COc2cc3c4c(ccc3c3ccccc23)CCCC4)cc1.c1ccc2cnccc2c1. The third-order valence-corrected chi connectivity index (χ3v) is 7.19. The van der Waals surface area contributed by atoms with E-state index in [1.807, 2.05) is 30.6 Å². The van der Waals surface area contributed by atoms with E-state index in [2.05, 4.69) is 59.6 Å². The summed E-state index contributed by atoms with van der Waals surface area (Å²) in [6, 6.07) is 31.9. The fraction of sp³-hybridized carbons (Fsp3) is 0.147. The van der Waals surface area contributed by atoms with E-state index in [1.54, 1.807) is 12.1 Å². The summed E-state index contributed by atoms with van der Waals surface area (Å²) in [5, 5.41) is 7.43. The van der Waals surface area contributed by atoms with E-state index >= 15 is 0 Å². The second-order valence-corrected chi connectivity index (χ2v) is 9.56. The molecule has 1 aliphatic rings. The highest BCUT2D eigenvalue weighted by molar-refractivity contribution is 6.11. The van der Waals surface area contributed by atoms with Crippen LogP contribution >= 0.6 is 0 Å². The van der Waals surface area contributed by atoms with Gasteiger partial charge in [-0.25, -0.2) is 4.39 Å². The molecule has 0 atom stereocenters. The van der Waals surface area contributed by atoms with E-state index in [0.717, 1.165) is 23.1 Å².